The van der Waals surface area contributed by atoms with Crippen LogP contribution < -0.4 is 9.64 Å². The van der Waals surface area contributed by atoms with E-state index in [0.717, 1.165) is 72.8 Å². The summed E-state index contributed by atoms with van der Waals surface area (Å²) >= 11 is 0. The molecule has 0 unspecified atom stereocenters. The van der Waals surface area contributed by atoms with Crippen molar-refractivity contribution in [2.45, 2.75) is 0 Å². The van der Waals surface area contributed by atoms with Crippen LogP contribution in [0.25, 0.3) is 82.5 Å². The zero-order chi connectivity index (χ0) is 36.7. The Labute approximate surface area is 322 Å². The van der Waals surface area contributed by atoms with Gasteiger partial charge in [0.2, 0.25) is 0 Å². The largest absolute Gasteiger partial charge is 0.454 e. The molecule has 4 heteroatoms. The first-order chi connectivity index (χ1) is 27.7. The third-order valence-electron chi connectivity index (χ3n) is 11.4. The fourth-order valence-corrected chi connectivity index (χ4v) is 8.71. The minimum absolute atomic E-state index is 0.845. The van der Waals surface area contributed by atoms with Gasteiger partial charge in [0.05, 0.1) is 22.4 Å². The maximum Gasteiger partial charge on any atom is 0.159 e. The van der Waals surface area contributed by atoms with Crippen LogP contribution in [-0.2, 0) is 0 Å². The van der Waals surface area contributed by atoms with E-state index in [2.05, 4.69) is 191 Å². The molecule has 3 heterocycles. The van der Waals surface area contributed by atoms with E-state index in [1.165, 1.54) is 38.2 Å². The molecule has 4 nitrogen and oxygen atoms in total. The quantitative estimate of drug-likeness (QED) is 0.178. The summed E-state index contributed by atoms with van der Waals surface area (Å²) in [7, 11) is 0. The van der Waals surface area contributed by atoms with Crippen LogP contribution in [0.5, 0.6) is 11.5 Å². The Kier molecular flexibility index (Phi) is 6.60. The molecule has 0 bridgehead atoms. The molecule has 0 N–H and O–H groups in total. The van der Waals surface area contributed by atoms with Gasteiger partial charge in [-0.1, -0.05) is 127 Å². The Bertz CT molecular complexity index is 3340. The molecule has 262 valence electrons. The first-order valence-electron chi connectivity index (χ1n) is 19.0. The van der Waals surface area contributed by atoms with Crippen LogP contribution in [0.15, 0.2) is 199 Å². The van der Waals surface area contributed by atoms with Gasteiger partial charge in [-0.05, 0) is 99.8 Å². The van der Waals surface area contributed by atoms with Crippen molar-refractivity contribution in [3.63, 3.8) is 0 Å². The Morgan fingerprint density at radius 2 is 1.04 bits per heavy atom. The van der Waals surface area contributed by atoms with Crippen molar-refractivity contribution in [1.82, 2.24) is 4.57 Å². The summed E-state index contributed by atoms with van der Waals surface area (Å²) in [5, 5.41) is 7.11. The minimum Gasteiger partial charge on any atom is -0.454 e. The van der Waals surface area contributed by atoms with Gasteiger partial charge in [-0.3, -0.25) is 0 Å². The molecule has 0 saturated carbocycles. The molecule has 0 amide bonds. The topological polar surface area (TPSA) is 30.5 Å². The lowest BCUT2D eigenvalue weighted by molar-refractivity contribution is 0.476. The summed E-state index contributed by atoms with van der Waals surface area (Å²) in [5.41, 5.74) is 12.7. The molecular weight excluding hydrogens is 685 g/mol. The average Bonchev–Trinajstić information content (AvgIpc) is 3.82. The van der Waals surface area contributed by atoms with Crippen LogP contribution in [0.3, 0.4) is 0 Å². The SMILES string of the molecule is c1ccc2cc(-c3ccc(N(c4ccc(-c5ccc6c(c5)Oc5cccc7c8ccccc8n-6c57)cc4)c4cccc5c4oc4ccccc45)cc3)ccc2c1. The third kappa shape index (κ3) is 4.66. The normalized spacial score (nSPS) is 12.1. The molecule has 56 heavy (non-hydrogen) atoms. The van der Waals surface area contributed by atoms with Gasteiger partial charge in [-0.2, -0.15) is 0 Å². The van der Waals surface area contributed by atoms with E-state index in [-0.39, 0.29) is 0 Å². The zero-order valence-electron chi connectivity index (χ0n) is 30.2. The van der Waals surface area contributed by atoms with E-state index < -0.39 is 0 Å². The Hall–Kier alpha value is -7.56. The van der Waals surface area contributed by atoms with Gasteiger partial charge in [-0.15, -0.1) is 0 Å². The molecule has 11 aromatic rings. The summed E-state index contributed by atoms with van der Waals surface area (Å²) in [6.45, 7) is 0. The molecular formula is C52H32N2O2. The lowest BCUT2D eigenvalue weighted by Gasteiger charge is -2.26. The van der Waals surface area contributed by atoms with Gasteiger partial charge >= 0.3 is 0 Å². The molecule has 2 aromatic heterocycles. The van der Waals surface area contributed by atoms with Gasteiger partial charge in [0.25, 0.3) is 0 Å². The maximum absolute atomic E-state index is 6.61. The molecule has 1 aliphatic rings. The monoisotopic (exact) mass is 716 g/mol. The Morgan fingerprint density at radius 3 is 1.86 bits per heavy atom. The average molecular weight is 717 g/mol. The summed E-state index contributed by atoms with van der Waals surface area (Å²) in [5.74, 6) is 1.72. The number of aromatic nitrogens is 1. The van der Waals surface area contributed by atoms with Crippen molar-refractivity contribution in [1.29, 1.82) is 0 Å². The smallest absolute Gasteiger partial charge is 0.159 e. The minimum atomic E-state index is 0.845. The standard InChI is InChI=1S/C52H32N2O2/c1-2-10-36-31-37(20-19-33(36)9-1)34-21-26-39(27-22-34)53(47-16-7-14-44-42-12-4-6-17-48(42)56-52(44)47)40-28-23-35(24-29-40)38-25-30-46-50(32-38)55-49-18-8-13-43-41-11-3-5-15-45(41)54(46)51(43)49/h1-32H. The number of fused-ring (bicyclic) bond motifs is 9. The number of anilines is 3. The number of hydrogen-bond acceptors (Lipinski definition) is 3. The van der Waals surface area contributed by atoms with Gasteiger partial charge in [0.1, 0.15) is 5.58 Å². The van der Waals surface area contributed by atoms with E-state index in [1.807, 2.05) is 12.1 Å². The predicted octanol–water partition coefficient (Wildman–Crippen LogP) is 14.7. The second kappa shape index (κ2) is 12.0. The second-order valence-corrected chi connectivity index (χ2v) is 14.5. The van der Waals surface area contributed by atoms with Crippen molar-refractivity contribution in [3.05, 3.63) is 194 Å². The summed E-state index contributed by atoms with van der Waals surface area (Å²) in [4.78, 5) is 2.30. The third-order valence-corrected chi connectivity index (χ3v) is 11.4. The molecule has 12 rings (SSSR count). The molecule has 0 radical (unpaired) electrons. The van der Waals surface area contributed by atoms with E-state index >= 15 is 0 Å². The summed E-state index contributed by atoms with van der Waals surface area (Å²) in [6, 6.07) is 69.0. The number of ether oxygens (including phenoxy) is 1. The highest BCUT2D eigenvalue weighted by Gasteiger charge is 2.24. The number of furan rings is 1. The van der Waals surface area contributed by atoms with E-state index in [0.29, 0.717) is 0 Å². The highest BCUT2D eigenvalue weighted by Crippen LogP contribution is 2.47. The van der Waals surface area contributed by atoms with Crippen LogP contribution in [0, 0.1) is 0 Å². The number of nitrogens with zero attached hydrogens (tertiary/aromatic N) is 2. The molecule has 0 spiro atoms. The highest BCUT2D eigenvalue weighted by molar-refractivity contribution is 6.12. The van der Waals surface area contributed by atoms with Gasteiger partial charge in [0, 0.05) is 32.9 Å². The maximum atomic E-state index is 6.61. The number of rotatable bonds is 5. The number of benzene rings is 9. The molecule has 0 atom stereocenters. The lowest BCUT2D eigenvalue weighted by atomic mass is 10.0. The van der Waals surface area contributed by atoms with Crippen LogP contribution >= 0.6 is 0 Å². The predicted molar refractivity (Wildman–Crippen MR) is 231 cm³/mol. The fraction of sp³-hybridized carbons (Fsp3) is 0. The van der Waals surface area contributed by atoms with Gasteiger partial charge in [0.15, 0.2) is 17.1 Å². The second-order valence-electron chi connectivity index (χ2n) is 14.5. The molecule has 0 fully saturated rings. The van der Waals surface area contributed by atoms with Crippen LogP contribution in [0.2, 0.25) is 0 Å². The Morgan fingerprint density at radius 1 is 0.411 bits per heavy atom. The van der Waals surface area contributed by atoms with Crippen molar-refractivity contribution in [2.75, 3.05) is 4.90 Å². The lowest BCUT2D eigenvalue weighted by Crippen LogP contribution is -2.10. The number of para-hydroxylation sites is 4. The van der Waals surface area contributed by atoms with Gasteiger partial charge < -0.3 is 18.6 Å². The van der Waals surface area contributed by atoms with Crippen LogP contribution in [0.4, 0.5) is 17.1 Å². The van der Waals surface area contributed by atoms with Crippen molar-refractivity contribution < 1.29 is 9.15 Å². The Balaban J connectivity index is 0.955. The first-order valence-corrected chi connectivity index (χ1v) is 19.0. The van der Waals surface area contributed by atoms with Gasteiger partial charge in [-0.25, -0.2) is 0 Å². The molecule has 0 aliphatic carbocycles. The highest BCUT2D eigenvalue weighted by atomic mass is 16.5. The first kappa shape index (κ1) is 30.9. The molecule has 9 aromatic carbocycles. The van der Waals surface area contributed by atoms with Crippen molar-refractivity contribution >= 4 is 71.6 Å². The van der Waals surface area contributed by atoms with E-state index in [9.17, 15) is 0 Å². The molecule has 1 aliphatic heterocycles. The zero-order valence-corrected chi connectivity index (χ0v) is 30.2. The van der Waals surface area contributed by atoms with E-state index in [4.69, 9.17) is 9.15 Å². The fourth-order valence-electron chi connectivity index (χ4n) is 8.71. The van der Waals surface area contributed by atoms with Crippen molar-refractivity contribution in [2.24, 2.45) is 0 Å². The van der Waals surface area contributed by atoms with Crippen LogP contribution in [-0.4, -0.2) is 4.57 Å². The van der Waals surface area contributed by atoms with Crippen molar-refractivity contribution in [3.8, 4) is 39.4 Å². The number of hydrogen-bond donors (Lipinski definition) is 0. The van der Waals surface area contributed by atoms with Crippen LogP contribution in [0.1, 0.15) is 0 Å². The molecule has 0 saturated heterocycles. The summed E-state index contributed by atoms with van der Waals surface area (Å²) in [6.07, 6.45) is 0. The summed E-state index contributed by atoms with van der Waals surface area (Å²) < 4.78 is 15.5. The van der Waals surface area contributed by atoms with E-state index in [1.54, 1.807) is 0 Å².